The van der Waals surface area contributed by atoms with Gasteiger partial charge in [-0.3, -0.25) is 0 Å². The first-order valence-electron chi connectivity index (χ1n) is 7.64. The minimum Gasteiger partial charge on any atom is -0.0654 e. The third-order valence-electron chi connectivity index (χ3n) is 3.63. The Morgan fingerprint density at radius 2 is 1.44 bits per heavy atom. The molecule has 0 radical (unpaired) electrons. The third-order valence-corrected chi connectivity index (χ3v) is 3.63. The zero-order valence-electron chi connectivity index (χ0n) is 12.8. The molecule has 0 heterocycles. The standard InChI is InChI=1S/C18H30/c1-5-6-7-8-9-10-13-16-14-11-12-15-17(16)18(2,3)4/h11-12,14-15H,5-10,13H2,1-4H3. The average Bonchev–Trinajstić information content (AvgIpc) is 2.33. The Balaban J connectivity index is 2.43. The Morgan fingerprint density at radius 3 is 2.11 bits per heavy atom. The molecule has 0 spiro atoms. The van der Waals surface area contributed by atoms with E-state index in [0.29, 0.717) is 0 Å². The van der Waals surface area contributed by atoms with E-state index < -0.39 is 0 Å². The smallest absolute Gasteiger partial charge is 0.0129 e. The van der Waals surface area contributed by atoms with Crippen molar-refractivity contribution in [1.29, 1.82) is 0 Å². The zero-order chi connectivity index (χ0) is 13.4. The van der Waals surface area contributed by atoms with Gasteiger partial charge in [0.2, 0.25) is 0 Å². The second kappa shape index (κ2) is 7.61. The molecule has 1 aromatic carbocycles. The van der Waals surface area contributed by atoms with Gasteiger partial charge in [-0.1, -0.05) is 84.1 Å². The van der Waals surface area contributed by atoms with Crippen LogP contribution in [-0.2, 0) is 11.8 Å². The molecule has 0 aliphatic heterocycles. The predicted molar refractivity (Wildman–Crippen MR) is 82.2 cm³/mol. The van der Waals surface area contributed by atoms with Crippen molar-refractivity contribution in [3.05, 3.63) is 35.4 Å². The SMILES string of the molecule is CCCCCCCCc1ccccc1C(C)(C)C. The molecule has 0 fully saturated rings. The second-order valence-corrected chi connectivity index (χ2v) is 6.42. The molecule has 0 nitrogen and oxygen atoms in total. The van der Waals surface area contributed by atoms with Gasteiger partial charge in [-0.05, 0) is 29.4 Å². The highest BCUT2D eigenvalue weighted by atomic mass is 14.2. The van der Waals surface area contributed by atoms with E-state index in [1.807, 2.05) is 0 Å². The Kier molecular flexibility index (Phi) is 6.46. The summed E-state index contributed by atoms with van der Waals surface area (Å²) in [5.41, 5.74) is 3.36. The van der Waals surface area contributed by atoms with Gasteiger partial charge in [-0.15, -0.1) is 0 Å². The van der Waals surface area contributed by atoms with Crippen molar-refractivity contribution < 1.29 is 0 Å². The van der Waals surface area contributed by atoms with E-state index >= 15 is 0 Å². The lowest BCUT2D eigenvalue weighted by atomic mass is 9.82. The van der Waals surface area contributed by atoms with Crippen molar-refractivity contribution in [2.75, 3.05) is 0 Å². The van der Waals surface area contributed by atoms with Gasteiger partial charge >= 0.3 is 0 Å². The molecule has 0 aliphatic rings. The molecule has 0 atom stereocenters. The van der Waals surface area contributed by atoms with Crippen molar-refractivity contribution in [1.82, 2.24) is 0 Å². The molecule has 0 saturated heterocycles. The second-order valence-electron chi connectivity index (χ2n) is 6.42. The van der Waals surface area contributed by atoms with Crippen molar-refractivity contribution in [3.63, 3.8) is 0 Å². The van der Waals surface area contributed by atoms with Crippen LogP contribution in [0, 0.1) is 0 Å². The highest BCUT2D eigenvalue weighted by Gasteiger charge is 2.16. The molecule has 1 aromatic rings. The molecular weight excluding hydrogens is 216 g/mol. The minimum absolute atomic E-state index is 0.277. The van der Waals surface area contributed by atoms with Crippen LogP contribution in [0.25, 0.3) is 0 Å². The minimum atomic E-state index is 0.277. The average molecular weight is 246 g/mol. The summed E-state index contributed by atoms with van der Waals surface area (Å²) in [5.74, 6) is 0. The van der Waals surface area contributed by atoms with Gasteiger partial charge in [0.05, 0.1) is 0 Å². The topological polar surface area (TPSA) is 0 Å². The largest absolute Gasteiger partial charge is 0.0654 e. The van der Waals surface area contributed by atoms with Crippen LogP contribution < -0.4 is 0 Å². The maximum atomic E-state index is 2.31. The molecule has 0 bridgehead atoms. The molecule has 0 unspecified atom stereocenters. The van der Waals surface area contributed by atoms with E-state index in [9.17, 15) is 0 Å². The van der Waals surface area contributed by atoms with Gasteiger partial charge in [0.1, 0.15) is 0 Å². The molecule has 0 amide bonds. The fraction of sp³-hybridized carbons (Fsp3) is 0.667. The summed E-state index contributed by atoms with van der Waals surface area (Å²) >= 11 is 0. The highest BCUT2D eigenvalue weighted by Crippen LogP contribution is 2.26. The van der Waals surface area contributed by atoms with Crippen LogP contribution in [0.2, 0.25) is 0 Å². The van der Waals surface area contributed by atoms with E-state index in [1.165, 1.54) is 50.5 Å². The van der Waals surface area contributed by atoms with E-state index in [0.717, 1.165) is 0 Å². The van der Waals surface area contributed by atoms with Crippen LogP contribution in [0.15, 0.2) is 24.3 Å². The van der Waals surface area contributed by atoms with E-state index in [2.05, 4.69) is 52.0 Å². The lowest BCUT2D eigenvalue weighted by Crippen LogP contribution is -2.14. The quantitative estimate of drug-likeness (QED) is 0.526. The van der Waals surface area contributed by atoms with E-state index in [4.69, 9.17) is 0 Å². The fourth-order valence-electron chi connectivity index (χ4n) is 2.57. The molecule has 0 heteroatoms. The maximum absolute atomic E-state index is 2.31. The van der Waals surface area contributed by atoms with Gasteiger partial charge in [-0.25, -0.2) is 0 Å². The normalized spacial score (nSPS) is 11.8. The van der Waals surface area contributed by atoms with Gasteiger partial charge in [0.25, 0.3) is 0 Å². The van der Waals surface area contributed by atoms with E-state index in [-0.39, 0.29) is 5.41 Å². The summed E-state index contributed by atoms with van der Waals surface area (Å²) in [6.45, 7) is 9.22. The first kappa shape index (κ1) is 15.3. The van der Waals surface area contributed by atoms with Crippen molar-refractivity contribution in [2.24, 2.45) is 0 Å². The summed E-state index contributed by atoms with van der Waals surface area (Å²) in [7, 11) is 0. The van der Waals surface area contributed by atoms with Crippen LogP contribution in [0.4, 0.5) is 0 Å². The Bertz CT molecular complexity index is 330. The Morgan fingerprint density at radius 1 is 0.833 bits per heavy atom. The maximum Gasteiger partial charge on any atom is -0.0129 e. The molecule has 0 aliphatic carbocycles. The lowest BCUT2D eigenvalue weighted by Gasteiger charge is -2.22. The van der Waals surface area contributed by atoms with Crippen LogP contribution >= 0.6 is 0 Å². The molecule has 102 valence electrons. The summed E-state index contributed by atoms with van der Waals surface area (Å²) in [4.78, 5) is 0. The fourth-order valence-corrected chi connectivity index (χ4v) is 2.57. The predicted octanol–water partition coefficient (Wildman–Crippen LogP) is 5.89. The molecule has 0 saturated carbocycles. The molecule has 18 heavy (non-hydrogen) atoms. The molecule has 0 aromatic heterocycles. The van der Waals surface area contributed by atoms with Crippen LogP contribution in [0.5, 0.6) is 0 Å². The summed E-state index contributed by atoms with van der Waals surface area (Å²) in [6.07, 6.45) is 9.54. The van der Waals surface area contributed by atoms with Gasteiger partial charge < -0.3 is 0 Å². The van der Waals surface area contributed by atoms with Crippen molar-refractivity contribution >= 4 is 0 Å². The molecular formula is C18H30. The van der Waals surface area contributed by atoms with E-state index in [1.54, 1.807) is 5.56 Å². The highest BCUT2D eigenvalue weighted by molar-refractivity contribution is 5.32. The van der Waals surface area contributed by atoms with Crippen LogP contribution in [0.3, 0.4) is 0 Å². The van der Waals surface area contributed by atoms with Gasteiger partial charge in [-0.2, -0.15) is 0 Å². The Hall–Kier alpha value is -0.780. The number of hydrogen-bond acceptors (Lipinski definition) is 0. The number of unbranched alkanes of at least 4 members (excludes halogenated alkanes) is 5. The lowest BCUT2D eigenvalue weighted by molar-refractivity contribution is 0.571. The third kappa shape index (κ3) is 5.25. The summed E-state index contributed by atoms with van der Waals surface area (Å²) < 4.78 is 0. The zero-order valence-corrected chi connectivity index (χ0v) is 12.8. The van der Waals surface area contributed by atoms with Gasteiger partial charge in [0.15, 0.2) is 0 Å². The van der Waals surface area contributed by atoms with Gasteiger partial charge in [0, 0.05) is 0 Å². The number of hydrogen-bond donors (Lipinski definition) is 0. The number of rotatable bonds is 7. The Labute approximate surface area is 114 Å². The number of aryl methyl sites for hydroxylation is 1. The first-order valence-corrected chi connectivity index (χ1v) is 7.64. The monoisotopic (exact) mass is 246 g/mol. The summed E-state index contributed by atoms with van der Waals surface area (Å²) in [5, 5.41) is 0. The number of benzene rings is 1. The first-order chi connectivity index (χ1) is 8.55. The van der Waals surface area contributed by atoms with Crippen molar-refractivity contribution in [3.8, 4) is 0 Å². The molecule has 0 N–H and O–H groups in total. The molecule has 1 rings (SSSR count). The van der Waals surface area contributed by atoms with Crippen LogP contribution in [0.1, 0.15) is 77.3 Å². The van der Waals surface area contributed by atoms with Crippen LogP contribution in [-0.4, -0.2) is 0 Å². The van der Waals surface area contributed by atoms with Crippen molar-refractivity contribution in [2.45, 2.75) is 78.1 Å². The summed E-state index contributed by atoms with van der Waals surface area (Å²) in [6, 6.07) is 8.96.